The third-order valence-corrected chi connectivity index (χ3v) is 3.11. The van der Waals surface area contributed by atoms with Gasteiger partial charge in [-0.25, -0.2) is 0 Å². The van der Waals surface area contributed by atoms with Crippen LogP contribution in [-0.2, 0) is 0 Å². The molecule has 0 aromatic carbocycles. The molecule has 2 heterocycles. The van der Waals surface area contributed by atoms with Gasteiger partial charge in [-0.3, -0.25) is 4.98 Å². The minimum absolute atomic E-state index is 0.712. The predicted octanol–water partition coefficient (Wildman–Crippen LogP) is 0.711. The first kappa shape index (κ1) is 7.33. The van der Waals surface area contributed by atoms with Gasteiger partial charge in [-0.1, -0.05) is 0 Å². The molecule has 1 aliphatic carbocycles. The third kappa shape index (κ3) is 1.20. The normalized spacial score (nSPS) is 35.5. The average molecular weight is 175 g/mol. The minimum Gasteiger partial charge on any atom is -0.382 e. The number of nitrogens with zero attached hydrogens (tertiary/aromatic N) is 1. The summed E-state index contributed by atoms with van der Waals surface area (Å²) in [4.78, 5) is 3.99. The number of hydrogen-bond acceptors (Lipinski definition) is 3. The predicted molar refractivity (Wildman–Crippen MR) is 51.5 cm³/mol. The number of piperidine rings is 1. The molecule has 1 saturated carbocycles. The highest BCUT2D eigenvalue weighted by Crippen LogP contribution is 2.43. The standard InChI is InChI=1S/C10H13N3/c1-3-11-4-2-7(1)13-10-8-5-12-6-9(8)10/h1-4,8-10,12H,5-6H2,(H,11,13). The molecule has 3 nitrogen and oxygen atoms in total. The fourth-order valence-electron chi connectivity index (χ4n) is 2.27. The van der Waals surface area contributed by atoms with Crippen LogP contribution in [0.3, 0.4) is 0 Å². The van der Waals surface area contributed by atoms with Gasteiger partial charge in [-0.2, -0.15) is 0 Å². The quantitative estimate of drug-likeness (QED) is 0.695. The largest absolute Gasteiger partial charge is 0.382 e. The maximum Gasteiger partial charge on any atom is 0.0373 e. The van der Waals surface area contributed by atoms with Crippen molar-refractivity contribution in [2.75, 3.05) is 18.4 Å². The number of pyridine rings is 1. The monoisotopic (exact) mass is 175 g/mol. The number of hydrogen-bond donors (Lipinski definition) is 2. The van der Waals surface area contributed by atoms with Crippen molar-refractivity contribution in [1.82, 2.24) is 10.3 Å². The summed E-state index contributed by atoms with van der Waals surface area (Å²) in [6.07, 6.45) is 3.66. The van der Waals surface area contributed by atoms with Crippen LogP contribution in [0.1, 0.15) is 0 Å². The van der Waals surface area contributed by atoms with Crippen molar-refractivity contribution in [2.24, 2.45) is 11.8 Å². The van der Waals surface area contributed by atoms with Crippen LogP contribution in [0.5, 0.6) is 0 Å². The van der Waals surface area contributed by atoms with E-state index in [0.717, 1.165) is 11.8 Å². The maximum absolute atomic E-state index is 3.99. The molecular formula is C10H13N3. The molecule has 2 aliphatic rings. The summed E-state index contributed by atoms with van der Waals surface area (Å²) >= 11 is 0. The number of anilines is 1. The number of aromatic nitrogens is 1. The molecular weight excluding hydrogens is 162 g/mol. The van der Waals surface area contributed by atoms with Crippen LogP contribution in [0.4, 0.5) is 5.69 Å². The molecule has 2 atom stereocenters. The summed E-state index contributed by atoms with van der Waals surface area (Å²) in [5.41, 5.74) is 1.20. The summed E-state index contributed by atoms with van der Waals surface area (Å²) in [6, 6.07) is 4.77. The Morgan fingerprint density at radius 2 is 1.92 bits per heavy atom. The van der Waals surface area contributed by atoms with Gasteiger partial charge in [0.2, 0.25) is 0 Å². The SMILES string of the molecule is c1cc(NC2C3CNCC32)ccn1. The lowest BCUT2D eigenvalue weighted by Crippen LogP contribution is -2.21. The summed E-state index contributed by atoms with van der Waals surface area (Å²) in [6.45, 7) is 2.38. The van der Waals surface area contributed by atoms with Crippen LogP contribution in [-0.4, -0.2) is 24.1 Å². The molecule has 1 saturated heterocycles. The molecule has 2 N–H and O–H groups in total. The van der Waals surface area contributed by atoms with Gasteiger partial charge in [0.25, 0.3) is 0 Å². The maximum atomic E-state index is 3.99. The highest BCUT2D eigenvalue weighted by atomic mass is 15.1. The van der Waals surface area contributed by atoms with E-state index in [1.807, 2.05) is 24.5 Å². The second-order valence-corrected chi connectivity index (χ2v) is 3.89. The lowest BCUT2D eigenvalue weighted by atomic mass is 10.3. The molecule has 3 rings (SSSR count). The Hall–Kier alpha value is -1.09. The molecule has 2 unspecified atom stereocenters. The molecule has 1 aromatic heterocycles. The zero-order valence-electron chi connectivity index (χ0n) is 7.40. The molecule has 13 heavy (non-hydrogen) atoms. The Morgan fingerprint density at radius 1 is 1.23 bits per heavy atom. The highest BCUT2D eigenvalue weighted by molar-refractivity contribution is 5.44. The average Bonchev–Trinajstić information content (AvgIpc) is 2.65. The fourth-order valence-corrected chi connectivity index (χ4v) is 2.27. The van der Waals surface area contributed by atoms with Crippen molar-refractivity contribution < 1.29 is 0 Å². The number of fused-ring (bicyclic) bond motifs is 1. The Bertz CT molecular complexity index is 288. The Kier molecular flexibility index (Phi) is 1.52. The Morgan fingerprint density at radius 3 is 2.62 bits per heavy atom. The second-order valence-electron chi connectivity index (χ2n) is 3.89. The molecule has 0 radical (unpaired) electrons. The van der Waals surface area contributed by atoms with Gasteiger partial charge in [0.1, 0.15) is 0 Å². The second kappa shape index (κ2) is 2.70. The van der Waals surface area contributed by atoms with Crippen LogP contribution in [0.2, 0.25) is 0 Å². The Labute approximate surface area is 77.6 Å². The third-order valence-electron chi connectivity index (χ3n) is 3.11. The van der Waals surface area contributed by atoms with E-state index >= 15 is 0 Å². The van der Waals surface area contributed by atoms with E-state index in [2.05, 4.69) is 15.6 Å². The van der Waals surface area contributed by atoms with Crippen molar-refractivity contribution in [3.63, 3.8) is 0 Å². The van der Waals surface area contributed by atoms with Crippen molar-refractivity contribution >= 4 is 5.69 Å². The first-order valence-electron chi connectivity index (χ1n) is 4.82. The van der Waals surface area contributed by atoms with Crippen molar-refractivity contribution in [2.45, 2.75) is 6.04 Å². The van der Waals surface area contributed by atoms with E-state index < -0.39 is 0 Å². The van der Waals surface area contributed by atoms with Crippen LogP contribution in [0, 0.1) is 11.8 Å². The van der Waals surface area contributed by atoms with Gasteiger partial charge in [0, 0.05) is 37.2 Å². The van der Waals surface area contributed by atoms with Gasteiger partial charge < -0.3 is 10.6 Å². The van der Waals surface area contributed by atoms with Crippen LogP contribution in [0.15, 0.2) is 24.5 Å². The molecule has 0 bridgehead atoms. The molecule has 3 heteroatoms. The van der Waals surface area contributed by atoms with E-state index in [0.29, 0.717) is 6.04 Å². The molecule has 1 aromatic rings. The summed E-state index contributed by atoms with van der Waals surface area (Å²) < 4.78 is 0. The van der Waals surface area contributed by atoms with Crippen LogP contribution < -0.4 is 10.6 Å². The topological polar surface area (TPSA) is 37.0 Å². The first-order valence-corrected chi connectivity index (χ1v) is 4.82. The number of nitrogens with one attached hydrogen (secondary N) is 2. The first-order chi connectivity index (χ1) is 6.45. The van der Waals surface area contributed by atoms with Gasteiger partial charge in [0.05, 0.1) is 0 Å². The van der Waals surface area contributed by atoms with Gasteiger partial charge in [-0.15, -0.1) is 0 Å². The molecule has 1 aliphatic heterocycles. The van der Waals surface area contributed by atoms with E-state index in [1.54, 1.807) is 0 Å². The minimum atomic E-state index is 0.712. The van der Waals surface area contributed by atoms with E-state index in [1.165, 1.54) is 18.8 Å². The van der Waals surface area contributed by atoms with Gasteiger partial charge >= 0.3 is 0 Å². The summed E-state index contributed by atoms with van der Waals surface area (Å²) in [7, 11) is 0. The summed E-state index contributed by atoms with van der Waals surface area (Å²) in [5, 5.41) is 6.92. The highest BCUT2D eigenvalue weighted by Gasteiger charge is 2.52. The van der Waals surface area contributed by atoms with E-state index in [9.17, 15) is 0 Å². The van der Waals surface area contributed by atoms with E-state index in [-0.39, 0.29) is 0 Å². The van der Waals surface area contributed by atoms with E-state index in [4.69, 9.17) is 0 Å². The van der Waals surface area contributed by atoms with Crippen LogP contribution in [0.25, 0.3) is 0 Å². The lowest BCUT2D eigenvalue weighted by Gasteiger charge is -2.07. The molecule has 2 fully saturated rings. The number of rotatable bonds is 2. The fraction of sp³-hybridized carbons (Fsp3) is 0.500. The van der Waals surface area contributed by atoms with Crippen molar-refractivity contribution in [3.8, 4) is 0 Å². The van der Waals surface area contributed by atoms with Gasteiger partial charge in [0.15, 0.2) is 0 Å². The molecule has 68 valence electrons. The van der Waals surface area contributed by atoms with Crippen molar-refractivity contribution in [1.29, 1.82) is 0 Å². The Balaban J connectivity index is 1.66. The van der Waals surface area contributed by atoms with Gasteiger partial charge in [-0.05, 0) is 24.0 Å². The zero-order chi connectivity index (χ0) is 8.67. The lowest BCUT2D eigenvalue weighted by molar-refractivity contribution is 0.697. The molecule has 0 spiro atoms. The summed E-state index contributed by atoms with van der Waals surface area (Å²) in [5.74, 6) is 1.74. The smallest absolute Gasteiger partial charge is 0.0373 e. The van der Waals surface area contributed by atoms with Crippen LogP contribution >= 0.6 is 0 Å². The zero-order valence-corrected chi connectivity index (χ0v) is 7.40. The van der Waals surface area contributed by atoms with Crippen molar-refractivity contribution in [3.05, 3.63) is 24.5 Å². The molecule has 0 amide bonds.